The maximum absolute atomic E-state index is 12.5. The van der Waals surface area contributed by atoms with Gasteiger partial charge in [0.2, 0.25) is 0 Å². The number of carbonyl (C=O) groups is 1. The Morgan fingerprint density at radius 2 is 1.00 bits per heavy atom. The zero-order valence-corrected chi connectivity index (χ0v) is 33.8. The van der Waals surface area contributed by atoms with Crippen molar-refractivity contribution in [3.63, 3.8) is 0 Å². The minimum atomic E-state index is -4.28. The first-order valence-corrected chi connectivity index (χ1v) is 22.7. The van der Waals surface area contributed by atoms with Crippen molar-refractivity contribution in [1.29, 1.82) is 0 Å². The molecule has 0 saturated carbocycles. The molecule has 8 nitrogen and oxygen atoms in total. The summed E-state index contributed by atoms with van der Waals surface area (Å²) in [5.74, 6) is -0.348. The third-order valence-corrected chi connectivity index (χ3v) is 10.3. The molecule has 0 spiro atoms. The second-order valence-electron chi connectivity index (χ2n) is 14.3. The minimum Gasteiger partial charge on any atom is -0.498 e. The average molecular weight is 732 g/mol. The van der Waals surface area contributed by atoms with Crippen LogP contribution < -0.4 is 5.73 Å². The van der Waals surface area contributed by atoms with Crippen molar-refractivity contribution in [1.82, 2.24) is 0 Å². The van der Waals surface area contributed by atoms with Crippen molar-refractivity contribution in [2.75, 3.05) is 26.4 Å². The smallest absolute Gasteiger partial charge is 0.472 e. The van der Waals surface area contributed by atoms with E-state index in [0.29, 0.717) is 6.42 Å². The highest BCUT2D eigenvalue weighted by molar-refractivity contribution is 7.47. The van der Waals surface area contributed by atoms with Gasteiger partial charge in [0.05, 0.1) is 19.5 Å². The Balaban J connectivity index is 4.05. The monoisotopic (exact) mass is 732 g/mol. The molecule has 0 bridgehead atoms. The summed E-state index contributed by atoms with van der Waals surface area (Å²) in [5, 5.41) is 0. The maximum Gasteiger partial charge on any atom is 0.472 e. The minimum absolute atomic E-state index is 0.0384. The number of hydrogen-bond acceptors (Lipinski definition) is 7. The largest absolute Gasteiger partial charge is 0.498 e. The number of phosphoric ester groups is 1. The van der Waals surface area contributed by atoms with Crippen LogP contribution in [0.4, 0.5) is 0 Å². The lowest BCUT2D eigenvalue weighted by Gasteiger charge is -2.19. The highest BCUT2D eigenvalue weighted by atomic mass is 31.2. The predicted octanol–water partition coefficient (Wildman–Crippen LogP) is 12.7. The fourth-order valence-corrected chi connectivity index (χ4v) is 6.91. The number of esters is 1. The lowest BCUT2D eigenvalue weighted by Crippen LogP contribution is -2.27. The molecule has 0 fully saturated rings. The maximum atomic E-state index is 12.5. The van der Waals surface area contributed by atoms with Crippen molar-refractivity contribution in [3.8, 4) is 0 Å². The molecule has 0 aromatic rings. The molecule has 50 heavy (non-hydrogen) atoms. The zero-order valence-electron chi connectivity index (χ0n) is 32.9. The normalized spacial score (nSPS) is 13.5. The Hall–Kier alpha value is -0.920. The van der Waals surface area contributed by atoms with Crippen LogP contribution in [0.2, 0.25) is 0 Å². The fraction of sp³-hybridized carbons (Fsp3) is 0.927. The molecule has 298 valence electrons. The van der Waals surface area contributed by atoms with Gasteiger partial charge in [0.15, 0.2) is 6.10 Å². The van der Waals surface area contributed by atoms with Gasteiger partial charge < -0.3 is 20.1 Å². The predicted molar refractivity (Wildman–Crippen MR) is 210 cm³/mol. The third kappa shape index (κ3) is 38.3. The summed E-state index contributed by atoms with van der Waals surface area (Å²) in [5.41, 5.74) is 5.36. The van der Waals surface area contributed by atoms with Crippen molar-refractivity contribution < 1.29 is 32.8 Å². The van der Waals surface area contributed by atoms with Gasteiger partial charge in [-0.25, -0.2) is 4.57 Å². The number of allylic oxidation sites excluding steroid dienone is 1. The lowest BCUT2D eigenvalue weighted by molar-refractivity contribution is -0.153. The number of hydrogen-bond donors (Lipinski definition) is 2. The molecule has 0 aromatic heterocycles. The van der Waals surface area contributed by atoms with E-state index in [1.807, 2.05) is 6.08 Å². The van der Waals surface area contributed by atoms with Gasteiger partial charge in [0.1, 0.15) is 6.61 Å². The molecule has 0 aliphatic heterocycles. The van der Waals surface area contributed by atoms with E-state index in [1.165, 1.54) is 161 Å². The van der Waals surface area contributed by atoms with Crippen molar-refractivity contribution in [3.05, 3.63) is 12.3 Å². The summed E-state index contributed by atoms with van der Waals surface area (Å²) >= 11 is 0. The molecule has 9 heteroatoms. The summed E-state index contributed by atoms with van der Waals surface area (Å²) in [7, 11) is -4.28. The van der Waals surface area contributed by atoms with Crippen LogP contribution in [0.15, 0.2) is 12.3 Å². The number of nitrogens with two attached hydrogens (primary N) is 1. The Morgan fingerprint density at radius 1 is 0.600 bits per heavy atom. The first kappa shape index (κ1) is 49.1. The van der Waals surface area contributed by atoms with Crippen LogP contribution in [0.3, 0.4) is 0 Å². The molecule has 0 rings (SSSR count). The second kappa shape index (κ2) is 39.3. The molecule has 0 heterocycles. The van der Waals surface area contributed by atoms with Gasteiger partial charge in [-0.1, -0.05) is 187 Å². The SMILES string of the molecule is CCCCCCCCCCCCCCCC/C=C\OC[C@H](COP(=O)(O)OCCN)OC(=O)CCCCCCCCCCCCCCCCC. The molecule has 2 atom stereocenters. The lowest BCUT2D eigenvalue weighted by atomic mass is 10.0. The van der Waals surface area contributed by atoms with Gasteiger partial charge in [-0.15, -0.1) is 0 Å². The molecule has 0 amide bonds. The van der Waals surface area contributed by atoms with Crippen LogP contribution in [0, 0.1) is 0 Å². The summed E-state index contributed by atoms with van der Waals surface area (Å²) in [6.45, 7) is 4.27. The quantitative estimate of drug-likeness (QED) is 0.0276. The van der Waals surface area contributed by atoms with Gasteiger partial charge >= 0.3 is 13.8 Å². The Bertz CT molecular complexity index is 782. The molecule has 0 saturated heterocycles. The molecule has 0 radical (unpaired) electrons. The number of rotatable bonds is 41. The number of ether oxygens (including phenoxy) is 2. The van der Waals surface area contributed by atoms with Crippen LogP contribution in [0.25, 0.3) is 0 Å². The van der Waals surface area contributed by atoms with E-state index in [1.54, 1.807) is 6.26 Å². The van der Waals surface area contributed by atoms with Crippen LogP contribution in [0.1, 0.15) is 213 Å². The Morgan fingerprint density at radius 3 is 1.42 bits per heavy atom. The standard InChI is InChI=1S/C41H82NO7P/c1-3-5-7-9-11-13-15-17-19-21-23-25-27-29-31-33-36-46-38-40(39-48-50(44,45)47-37-35-42)49-41(43)34-32-30-28-26-24-22-20-18-16-14-12-10-8-6-4-2/h33,36,40H,3-32,34-35,37-39,42H2,1-2H3,(H,44,45)/b36-33-/t40-/m1/s1. The van der Waals surface area contributed by atoms with Gasteiger partial charge in [0, 0.05) is 13.0 Å². The molecule has 1 unspecified atom stereocenters. The molecule has 3 N–H and O–H groups in total. The molecular formula is C41H82NO7P. The van der Waals surface area contributed by atoms with E-state index >= 15 is 0 Å². The average Bonchev–Trinajstić information content (AvgIpc) is 3.10. The summed E-state index contributed by atoms with van der Waals surface area (Å²) in [6.07, 6.45) is 41.7. The summed E-state index contributed by atoms with van der Waals surface area (Å²) in [4.78, 5) is 22.4. The fourth-order valence-electron chi connectivity index (χ4n) is 6.14. The number of unbranched alkanes of at least 4 members (excludes halogenated alkanes) is 28. The number of carbonyl (C=O) groups excluding carboxylic acids is 1. The van der Waals surface area contributed by atoms with Gasteiger partial charge in [0.25, 0.3) is 0 Å². The summed E-state index contributed by atoms with van der Waals surface area (Å²) in [6, 6.07) is 0. The highest BCUT2D eigenvalue weighted by Gasteiger charge is 2.25. The Labute approximate surface area is 309 Å². The van der Waals surface area contributed by atoms with Crippen molar-refractivity contribution >= 4 is 13.8 Å². The highest BCUT2D eigenvalue weighted by Crippen LogP contribution is 2.43. The second-order valence-corrected chi connectivity index (χ2v) is 15.7. The van der Waals surface area contributed by atoms with E-state index in [-0.39, 0.29) is 32.3 Å². The van der Waals surface area contributed by atoms with E-state index in [9.17, 15) is 14.3 Å². The van der Waals surface area contributed by atoms with Crippen molar-refractivity contribution in [2.24, 2.45) is 5.73 Å². The number of phosphoric acid groups is 1. The first-order chi connectivity index (χ1) is 24.4. The van der Waals surface area contributed by atoms with E-state index in [0.717, 1.165) is 32.1 Å². The van der Waals surface area contributed by atoms with Crippen molar-refractivity contribution in [2.45, 2.75) is 219 Å². The van der Waals surface area contributed by atoms with Gasteiger partial charge in [-0.3, -0.25) is 13.8 Å². The topological polar surface area (TPSA) is 117 Å². The van der Waals surface area contributed by atoms with E-state index in [4.69, 9.17) is 24.3 Å². The van der Waals surface area contributed by atoms with Gasteiger partial charge in [-0.05, 0) is 25.3 Å². The third-order valence-electron chi connectivity index (χ3n) is 9.28. The van der Waals surface area contributed by atoms with Crippen LogP contribution in [0.5, 0.6) is 0 Å². The van der Waals surface area contributed by atoms with Crippen LogP contribution in [-0.2, 0) is 27.9 Å². The van der Waals surface area contributed by atoms with E-state index in [2.05, 4.69) is 13.8 Å². The van der Waals surface area contributed by atoms with Crippen LogP contribution in [-0.4, -0.2) is 43.3 Å². The first-order valence-electron chi connectivity index (χ1n) is 21.2. The molecule has 0 aliphatic rings. The Kier molecular flexibility index (Phi) is 38.6. The summed E-state index contributed by atoms with van der Waals surface area (Å²) < 4.78 is 33.2. The van der Waals surface area contributed by atoms with E-state index < -0.39 is 13.9 Å². The zero-order chi connectivity index (χ0) is 36.6. The van der Waals surface area contributed by atoms with Gasteiger partial charge in [-0.2, -0.15) is 0 Å². The molecular weight excluding hydrogens is 649 g/mol. The van der Waals surface area contributed by atoms with Crippen LogP contribution >= 0.6 is 7.82 Å². The molecule has 0 aromatic carbocycles. The molecule has 0 aliphatic carbocycles.